The molecular formula is C29H61NO4. The van der Waals surface area contributed by atoms with Crippen LogP contribution in [0.1, 0.15) is 137 Å². The Kier molecular flexibility index (Phi) is 28.1. The van der Waals surface area contributed by atoms with Gasteiger partial charge in [-0.1, -0.05) is 103 Å². The van der Waals surface area contributed by atoms with E-state index in [9.17, 15) is 5.11 Å². The largest absolute Gasteiger partial charge is 0.550 e. The number of rotatable bonds is 24. The maximum atomic E-state index is 10.3. The zero-order valence-corrected chi connectivity index (χ0v) is 23.8. The molecule has 0 amide bonds. The third-order valence-corrected chi connectivity index (χ3v) is 7.06. The standard InChI is InChI=1S/C27H58NO2.C2H4O2/c1-5-9-10-11-12-13-14-15-16-17-18-19-20-21-22-23-24-30-26-27(29)25-28(6-2,7-3)8-4;1-2(3)4/h27,29H,5-26H2,1-4H3;1H3,(H,3,4)/q+1;/p-1. The number of aliphatic hydroxyl groups is 1. The molecule has 0 bridgehead atoms. The van der Waals surface area contributed by atoms with Crippen LogP contribution in [0.4, 0.5) is 0 Å². The molecule has 0 aliphatic rings. The van der Waals surface area contributed by atoms with E-state index in [1.807, 2.05) is 0 Å². The van der Waals surface area contributed by atoms with Crippen LogP contribution < -0.4 is 5.11 Å². The van der Waals surface area contributed by atoms with Crippen LogP contribution >= 0.6 is 0 Å². The average Bonchev–Trinajstić information content (AvgIpc) is 2.81. The molecule has 1 atom stereocenters. The number of carbonyl (C=O) groups is 1. The monoisotopic (exact) mass is 487 g/mol. The molecule has 0 aromatic rings. The molecule has 0 aromatic heterocycles. The molecule has 0 saturated carbocycles. The molecule has 0 aliphatic carbocycles. The number of likely N-dealkylation sites (N-methyl/N-ethyl adjacent to an activating group) is 1. The van der Waals surface area contributed by atoms with E-state index in [-0.39, 0.29) is 6.10 Å². The summed E-state index contributed by atoms with van der Waals surface area (Å²) in [7, 11) is 0. The van der Waals surface area contributed by atoms with Crippen molar-refractivity contribution >= 4 is 5.97 Å². The third kappa shape index (κ3) is 26.0. The molecule has 0 spiro atoms. The molecule has 1 unspecified atom stereocenters. The Morgan fingerprint density at radius 1 is 0.706 bits per heavy atom. The van der Waals surface area contributed by atoms with Crippen LogP contribution in [0.3, 0.4) is 0 Å². The van der Waals surface area contributed by atoms with E-state index in [4.69, 9.17) is 14.6 Å². The number of carboxylic acids is 1. The van der Waals surface area contributed by atoms with Crippen molar-refractivity contribution in [2.45, 2.75) is 143 Å². The van der Waals surface area contributed by atoms with Gasteiger partial charge in [-0.05, 0) is 34.1 Å². The van der Waals surface area contributed by atoms with Crippen LogP contribution in [0.2, 0.25) is 0 Å². The fraction of sp³-hybridized carbons (Fsp3) is 0.966. The number of carbonyl (C=O) groups excluding carboxylic acids is 1. The van der Waals surface area contributed by atoms with Crippen LogP contribution in [-0.4, -0.2) is 61.1 Å². The number of carboxylic acid groups (broad SMARTS) is 1. The van der Waals surface area contributed by atoms with E-state index in [1.165, 1.54) is 96.3 Å². The van der Waals surface area contributed by atoms with Gasteiger partial charge < -0.3 is 24.2 Å². The predicted octanol–water partition coefficient (Wildman–Crippen LogP) is 6.26. The number of nitrogens with zero attached hydrogens (tertiary/aromatic N) is 1. The summed E-state index contributed by atoms with van der Waals surface area (Å²) >= 11 is 0. The van der Waals surface area contributed by atoms with Crippen molar-refractivity contribution in [2.75, 3.05) is 39.4 Å². The zero-order chi connectivity index (χ0) is 25.9. The van der Waals surface area contributed by atoms with Crippen molar-refractivity contribution in [1.29, 1.82) is 0 Å². The number of hydrogen-bond donors (Lipinski definition) is 1. The molecule has 0 heterocycles. The molecule has 0 aliphatic heterocycles. The zero-order valence-electron chi connectivity index (χ0n) is 23.8. The van der Waals surface area contributed by atoms with Crippen molar-refractivity contribution in [3.63, 3.8) is 0 Å². The van der Waals surface area contributed by atoms with E-state index in [0.29, 0.717) is 6.61 Å². The summed E-state index contributed by atoms with van der Waals surface area (Å²) in [6, 6.07) is 0. The van der Waals surface area contributed by atoms with Gasteiger partial charge in [0.1, 0.15) is 12.6 Å². The van der Waals surface area contributed by atoms with Gasteiger partial charge in [0.05, 0.1) is 26.2 Å². The second-order valence-electron chi connectivity index (χ2n) is 10.00. The van der Waals surface area contributed by atoms with Crippen molar-refractivity contribution in [1.82, 2.24) is 0 Å². The van der Waals surface area contributed by atoms with Gasteiger partial charge in [0, 0.05) is 12.6 Å². The quantitative estimate of drug-likeness (QED) is 0.129. The lowest BCUT2D eigenvalue weighted by Crippen LogP contribution is -2.52. The predicted molar refractivity (Wildman–Crippen MR) is 144 cm³/mol. The normalized spacial score (nSPS) is 12.3. The van der Waals surface area contributed by atoms with Gasteiger partial charge in [-0.15, -0.1) is 0 Å². The van der Waals surface area contributed by atoms with Crippen LogP contribution in [-0.2, 0) is 9.53 Å². The average molecular weight is 488 g/mol. The van der Waals surface area contributed by atoms with Gasteiger partial charge in [0.2, 0.25) is 0 Å². The van der Waals surface area contributed by atoms with Crippen molar-refractivity contribution in [3.8, 4) is 0 Å². The topological polar surface area (TPSA) is 69.6 Å². The first-order valence-electron chi connectivity index (χ1n) is 14.7. The summed E-state index contributed by atoms with van der Waals surface area (Å²) in [5.74, 6) is -1.08. The van der Waals surface area contributed by atoms with E-state index in [1.54, 1.807) is 0 Å². The second kappa shape index (κ2) is 26.9. The Hall–Kier alpha value is -0.650. The van der Waals surface area contributed by atoms with E-state index >= 15 is 0 Å². The lowest BCUT2D eigenvalue weighted by atomic mass is 10.0. The smallest absolute Gasteiger partial charge is 0.126 e. The van der Waals surface area contributed by atoms with Gasteiger partial charge in [0.15, 0.2) is 0 Å². The molecule has 0 radical (unpaired) electrons. The molecule has 1 N–H and O–H groups in total. The second-order valence-corrected chi connectivity index (χ2v) is 10.00. The lowest BCUT2D eigenvalue weighted by molar-refractivity contribution is -0.926. The third-order valence-electron chi connectivity index (χ3n) is 7.06. The molecule has 0 saturated heterocycles. The number of quaternary nitrogens is 1. The summed E-state index contributed by atoms with van der Waals surface area (Å²) in [5, 5.41) is 19.2. The number of aliphatic carboxylic acids is 1. The minimum atomic E-state index is -1.08. The van der Waals surface area contributed by atoms with E-state index in [2.05, 4.69) is 27.7 Å². The summed E-state index contributed by atoms with van der Waals surface area (Å²) in [6.45, 7) is 15.3. The van der Waals surface area contributed by atoms with Crippen molar-refractivity contribution < 1.29 is 24.2 Å². The molecule has 206 valence electrons. The van der Waals surface area contributed by atoms with Crippen LogP contribution in [0.5, 0.6) is 0 Å². The number of ether oxygens (including phenoxy) is 1. The maximum Gasteiger partial charge on any atom is 0.126 e. The van der Waals surface area contributed by atoms with Gasteiger partial charge in [0.25, 0.3) is 0 Å². The van der Waals surface area contributed by atoms with E-state index < -0.39 is 5.97 Å². The van der Waals surface area contributed by atoms with Crippen molar-refractivity contribution in [2.24, 2.45) is 0 Å². The Labute approximate surface area is 213 Å². The summed E-state index contributed by atoms with van der Waals surface area (Å²) in [4.78, 5) is 8.89. The van der Waals surface area contributed by atoms with Gasteiger partial charge in [-0.25, -0.2) is 0 Å². The van der Waals surface area contributed by atoms with Crippen LogP contribution in [0.15, 0.2) is 0 Å². The van der Waals surface area contributed by atoms with Gasteiger partial charge >= 0.3 is 0 Å². The molecule has 5 heteroatoms. The van der Waals surface area contributed by atoms with Crippen molar-refractivity contribution in [3.05, 3.63) is 0 Å². The first kappa shape index (κ1) is 35.5. The fourth-order valence-corrected chi connectivity index (χ4v) is 4.53. The highest BCUT2D eigenvalue weighted by molar-refractivity contribution is 5.60. The number of hydrogen-bond acceptors (Lipinski definition) is 4. The maximum absolute atomic E-state index is 10.3. The lowest BCUT2D eigenvalue weighted by Gasteiger charge is -2.37. The number of aliphatic hydroxyl groups excluding tert-OH is 1. The highest BCUT2D eigenvalue weighted by atomic mass is 16.5. The first-order chi connectivity index (χ1) is 16.4. The van der Waals surface area contributed by atoms with E-state index in [0.717, 1.165) is 50.6 Å². The number of unbranched alkanes of at least 4 members (excludes halogenated alkanes) is 15. The SMILES string of the molecule is CC(=O)[O-].CCCCCCCCCCCCCCCCCCOCC(O)C[N+](CC)(CC)CC. The minimum Gasteiger partial charge on any atom is -0.550 e. The minimum absolute atomic E-state index is 0.328. The Morgan fingerprint density at radius 2 is 1.03 bits per heavy atom. The molecule has 0 rings (SSSR count). The Morgan fingerprint density at radius 3 is 1.35 bits per heavy atom. The fourth-order valence-electron chi connectivity index (χ4n) is 4.53. The highest BCUT2D eigenvalue weighted by Gasteiger charge is 2.24. The molecule has 5 nitrogen and oxygen atoms in total. The molecule has 34 heavy (non-hydrogen) atoms. The Bertz CT molecular complexity index is 401. The highest BCUT2D eigenvalue weighted by Crippen LogP contribution is 2.14. The van der Waals surface area contributed by atoms with Crippen LogP contribution in [0.25, 0.3) is 0 Å². The molecule has 0 aromatic carbocycles. The molecule has 0 fully saturated rings. The summed E-state index contributed by atoms with van der Waals surface area (Å²) in [6.07, 6.45) is 22.0. The molecular weight excluding hydrogens is 426 g/mol. The Balaban J connectivity index is 0. The van der Waals surface area contributed by atoms with Gasteiger partial charge in [-0.3, -0.25) is 0 Å². The summed E-state index contributed by atoms with van der Waals surface area (Å²) in [5.41, 5.74) is 0. The van der Waals surface area contributed by atoms with Crippen LogP contribution in [0, 0.1) is 0 Å². The summed E-state index contributed by atoms with van der Waals surface area (Å²) < 4.78 is 6.72. The van der Waals surface area contributed by atoms with Gasteiger partial charge in [-0.2, -0.15) is 0 Å². The first-order valence-corrected chi connectivity index (χ1v) is 14.7.